The molecule has 0 saturated carbocycles. The lowest BCUT2D eigenvalue weighted by atomic mass is 10.0. The van der Waals surface area contributed by atoms with Crippen LogP contribution in [0.2, 0.25) is 5.02 Å². The van der Waals surface area contributed by atoms with Crippen LogP contribution in [0.5, 0.6) is 5.75 Å². The maximum atomic E-state index is 13.4. The monoisotopic (exact) mass is 233 g/mol. The van der Waals surface area contributed by atoms with Crippen molar-refractivity contribution in [2.24, 2.45) is 5.73 Å². The quantitative estimate of drug-likeness (QED) is 0.741. The number of hydrogen-bond acceptors (Lipinski definition) is 3. The van der Waals surface area contributed by atoms with Crippen LogP contribution >= 0.6 is 11.6 Å². The molecule has 0 aromatic heterocycles. The summed E-state index contributed by atoms with van der Waals surface area (Å²) in [6, 6.07) is 1.22. The molecule has 6 heteroatoms. The van der Waals surface area contributed by atoms with Gasteiger partial charge in [-0.15, -0.1) is 0 Å². The van der Waals surface area contributed by atoms with Crippen LogP contribution in [-0.4, -0.2) is 16.2 Å². The number of aromatic hydroxyl groups is 1. The largest absolute Gasteiger partial charge is 0.507 e. The van der Waals surface area contributed by atoms with Crippen molar-refractivity contribution in [3.05, 3.63) is 28.5 Å². The summed E-state index contributed by atoms with van der Waals surface area (Å²) in [7, 11) is 0. The highest BCUT2D eigenvalue weighted by Gasteiger charge is 2.20. The molecular weight excluding hydrogens is 225 g/mol. The highest BCUT2D eigenvalue weighted by atomic mass is 35.5. The second-order valence-electron chi connectivity index (χ2n) is 3.00. The van der Waals surface area contributed by atoms with Gasteiger partial charge in [-0.1, -0.05) is 11.6 Å². The summed E-state index contributed by atoms with van der Waals surface area (Å²) in [5.74, 6) is -2.46. The SMILES string of the molecule is NC(CC(=O)O)c1c(O)ccc(Cl)c1F. The number of halogens is 2. The van der Waals surface area contributed by atoms with Crippen molar-refractivity contribution in [2.45, 2.75) is 12.5 Å². The molecule has 0 heterocycles. The van der Waals surface area contributed by atoms with Crippen LogP contribution in [0.4, 0.5) is 4.39 Å². The van der Waals surface area contributed by atoms with E-state index in [0.717, 1.165) is 0 Å². The number of aliphatic carboxylic acids is 1. The Morgan fingerprint density at radius 1 is 1.60 bits per heavy atom. The Kier molecular flexibility index (Phi) is 3.49. The summed E-state index contributed by atoms with van der Waals surface area (Å²) in [6.45, 7) is 0. The minimum atomic E-state index is -1.18. The fourth-order valence-electron chi connectivity index (χ4n) is 1.20. The molecule has 0 aliphatic rings. The molecule has 0 bridgehead atoms. The summed E-state index contributed by atoms with van der Waals surface area (Å²) in [5, 5.41) is 17.6. The topological polar surface area (TPSA) is 83.6 Å². The van der Waals surface area contributed by atoms with Crippen LogP contribution < -0.4 is 5.73 Å². The standard InChI is InChI=1S/C9H9ClFNO3/c10-4-1-2-6(13)8(9(4)11)5(12)3-7(14)15/h1-2,5,13H,3,12H2,(H,14,15). The fraction of sp³-hybridized carbons (Fsp3) is 0.222. The summed E-state index contributed by atoms with van der Waals surface area (Å²) in [5.41, 5.74) is 5.15. The predicted molar refractivity (Wildman–Crippen MR) is 52.3 cm³/mol. The number of carboxylic acid groups (broad SMARTS) is 1. The van der Waals surface area contributed by atoms with E-state index in [0.29, 0.717) is 0 Å². The number of rotatable bonds is 3. The van der Waals surface area contributed by atoms with Crippen LogP contribution in [-0.2, 0) is 4.79 Å². The predicted octanol–water partition coefficient (Wildman–Crippen LogP) is 1.66. The highest BCUT2D eigenvalue weighted by molar-refractivity contribution is 6.30. The zero-order valence-electron chi connectivity index (χ0n) is 7.58. The Hall–Kier alpha value is -1.33. The van der Waals surface area contributed by atoms with Crippen molar-refractivity contribution in [2.75, 3.05) is 0 Å². The number of hydrogen-bond donors (Lipinski definition) is 3. The van der Waals surface area contributed by atoms with Gasteiger partial charge in [-0.2, -0.15) is 0 Å². The first-order valence-corrected chi connectivity index (χ1v) is 4.45. The lowest BCUT2D eigenvalue weighted by molar-refractivity contribution is -0.137. The molecule has 1 unspecified atom stereocenters. The molecule has 0 spiro atoms. The summed E-state index contributed by atoms with van der Waals surface area (Å²) >= 11 is 5.48. The third kappa shape index (κ3) is 2.57. The first kappa shape index (κ1) is 11.7. The number of phenols is 1. The molecule has 4 N–H and O–H groups in total. The first-order valence-electron chi connectivity index (χ1n) is 4.07. The van der Waals surface area contributed by atoms with Crippen molar-refractivity contribution in [3.8, 4) is 5.75 Å². The smallest absolute Gasteiger partial charge is 0.305 e. The van der Waals surface area contributed by atoms with E-state index in [4.69, 9.17) is 22.4 Å². The van der Waals surface area contributed by atoms with Crippen molar-refractivity contribution >= 4 is 17.6 Å². The Bertz CT molecular complexity index is 397. The zero-order chi connectivity index (χ0) is 11.6. The molecule has 1 aromatic rings. The second-order valence-corrected chi connectivity index (χ2v) is 3.41. The molecule has 1 rings (SSSR count). The average Bonchev–Trinajstić information content (AvgIpc) is 2.11. The Labute approximate surface area is 90.1 Å². The van der Waals surface area contributed by atoms with E-state index < -0.39 is 30.0 Å². The van der Waals surface area contributed by atoms with E-state index in [-0.39, 0.29) is 10.6 Å². The van der Waals surface area contributed by atoms with Gasteiger partial charge in [-0.25, -0.2) is 4.39 Å². The number of benzene rings is 1. The molecule has 0 saturated heterocycles. The molecule has 0 aliphatic carbocycles. The first-order chi connectivity index (χ1) is 6.93. The molecule has 0 amide bonds. The van der Waals surface area contributed by atoms with E-state index >= 15 is 0 Å². The van der Waals surface area contributed by atoms with E-state index in [1.807, 2.05) is 0 Å². The number of phenolic OH excluding ortho intramolecular Hbond substituents is 1. The Morgan fingerprint density at radius 3 is 2.73 bits per heavy atom. The molecule has 0 fully saturated rings. The molecule has 0 aliphatic heterocycles. The van der Waals surface area contributed by atoms with Gasteiger partial charge in [0.1, 0.15) is 11.6 Å². The Balaban J connectivity index is 3.12. The van der Waals surface area contributed by atoms with Crippen LogP contribution in [0.25, 0.3) is 0 Å². The number of carboxylic acids is 1. The van der Waals surface area contributed by atoms with Gasteiger partial charge in [-0.05, 0) is 12.1 Å². The van der Waals surface area contributed by atoms with Crippen molar-refractivity contribution < 1.29 is 19.4 Å². The summed E-state index contributed by atoms with van der Waals surface area (Å²) in [6.07, 6.45) is -0.481. The maximum Gasteiger partial charge on any atom is 0.305 e. The van der Waals surface area contributed by atoms with Crippen LogP contribution in [0.1, 0.15) is 18.0 Å². The van der Waals surface area contributed by atoms with E-state index in [1.54, 1.807) is 0 Å². The number of nitrogens with two attached hydrogens (primary N) is 1. The van der Waals surface area contributed by atoms with Gasteiger partial charge in [-0.3, -0.25) is 4.79 Å². The van der Waals surface area contributed by atoms with E-state index in [1.165, 1.54) is 12.1 Å². The molecule has 1 aromatic carbocycles. The van der Waals surface area contributed by atoms with Gasteiger partial charge in [0, 0.05) is 11.6 Å². The minimum Gasteiger partial charge on any atom is -0.507 e. The summed E-state index contributed by atoms with van der Waals surface area (Å²) in [4.78, 5) is 10.4. The second kappa shape index (κ2) is 4.46. The fourth-order valence-corrected chi connectivity index (χ4v) is 1.36. The summed E-state index contributed by atoms with van der Waals surface area (Å²) < 4.78 is 13.4. The lowest BCUT2D eigenvalue weighted by Gasteiger charge is -2.13. The lowest BCUT2D eigenvalue weighted by Crippen LogP contribution is -2.16. The van der Waals surface area contributed by atoms with E-state index in [9.17, 15) is 14.3 Å². The van der Waals surface area contributed by atoms with Gasteiger partial charge in [0.25, 0.3) is 0 Å². The van der Waals surface area contributed by atoms with Crippen LogP contribution in [0, 0.1) is 5.82 Å². The third-order valence-corrected chi connectivity index (χ3v) is 2.17. The van der Waals surface area contributed by atoms with Gasteiger partial charge in [0.05, 0.1) is 11.4 Å². The average molecular weight is 234 g/mol. The molecule has 15 heavy (non-hydrogen) atoms. The molecular formula is C9H9ClFNO3. The molecule has 4 nitrogen and oxygen atoms in total. The maximum absolute atomic E-state index is 13.4. The van der Waals surface area contributed by atoms with Crippen molar-refractivity contribution in [1.82, 2.24) is 0 Å². The zero-order valence-corrected chi connectivity index (χ0v) is 8.33. The van der Waals surface area contributed by atoms with E-state index in [2.05, 4.69) is 0 Å². The molecule has 82 valence electrons. The normalized spacial score (nSPS) is 12.5. The molecule has 1 atom stereocenters. The number of carbonyl (C=O) groups is 1. The van der Waals surface area contributed by atoms with Gasteiger partial charge in [0.15, 0.2) is 0 Å². The van der Waals surface area contributed by atoms with Crippen molar-refractivity contribution in [1.29, 1.82) is 0 Å². The van der Waals surface area contributed by atoms with Gasteiger partial charge < -0.3 is 15.9 Å². The van der Waals surface area contributed by atoms with Crippen LogP contribution in [0.3, 0.4) is 0 Å². The van der Waals surface area contributed by atoms with Crippen LogP contribution in [0.15, 0.2) is 12.1 Å². The Morgan fingerprint density at radius 2 is 2.20 bits per heavy atom. The van der Waals surface area contributed by atoms with Gasteiger partial charge in [0.2, 0.25) is 0 Å². The third-order valence-electron chi connectivity index (χ3n) is 1.87. The molecule has 0 radical (unpaired) electrons. The van der Waals surface area contributed by atoms with Crippen molar-refractivity contribution in [3.63, 3.8) is 0 Å². The minimum absolute atomic E-state index is 0.205. The highest BCUT2D eigenvalue weighted by Crippen LogP contribution is 2.31. The van der Waals surface area contributed by atoms with Gasteiger partial charge >= 0.3 is 5.97 Å².